The van der Waals surface area contributed by atoms with Crippen molar-refractivity contribution in [2.75, 3.05) is 26.6 Å². The number of anilines is 1. The van der Waals surface area contributed by atoms with Crippen molar-refractivity contribution in [1.82, 2.24) is 4.98 Å². The van der Waals surface area contributed by atoms with Gasteiger partial charge in [0.25, 0.3) is 0 Å². The van der Waals surface area contributed by atoms with Crippen molar-refractivity contribution in [2.45, 2.75) is 6.18 Å². The number of hydrogen-bond acceptors (Lipinski definition) is 4. The summed E-state index contributed by atoms with van der Waals surface area (Å²) in [6, 6.07) is 3.98. The molecule has 4 nitrogen and oxygen atoms in total. The number of rotatable bonds is 3. The van der Waals surface area contributed by atoms with Crippen LogP contribution in [0.3, 0.4) is 0 Å². The molecule has 1 aromatic heterocycles. The van der Waals surface area contributed by atoms with Crippen LogP contribution in [0.1, 0.15) is 5.69 Å². The highest BCUT2D eigenvalue weighted by molar-refractivity contribution is 5.93. The maximum absolute atomic E-state index is 12.8. The molecule has 0 aliphatic carbocycles. The van der Waals surface area contributed by atoms with E-state index >= 15 is 0 Å². The van der Waals surface area contributed by atoms with Gasteiger partial charge in [-0.1, -0.05) is 0 Å². The molecule has 0 amide bonds. The lowest BCUT2D eigenvalue weighted by molar-refractivity contribution is -0.140. The number of methoxy groups -OCH3 is 2. The first-order valence-electron chi connectivity index (χ1n) is 5.72. The highest BCUT2D eigenvalue weighted by Crippen LogP contribution is 2.37. The Hall–Kier alpha value is -2.18. The molecule has 0 aliphatic heterocycles. The summed E-state index contributed by atoms with van der Waals surface area (Å²) in [6.07, 6.45) is -4.51. The molecule has 0 atom stereocenters. The summed E-state index contributed by atoms with van der Waals surface area (Å²) in [5, 5.41) is 3.26. The summed E-state index contributed by atoms with van der Waals surface area (Å²) in [7, 11) is 4.42. The van der Waals surface area contributed by atoms with Crippen molar-refractivity contribution in [3.05, 3.63) is 23.9 Å². The number of fused-ring (bicyclic) bond motifs is 1. The normalized spacial score (nSPS) is 11.5. The number of nitrogens with one attached hydrogen (secondary N) is 1. The van der Waals surface area contributed by atoms with Gasteiger partial charge in [-0.15, -0.1) is 0 Å². The molecular weight excluding hydrogens is 273 g/mol. The number of benzene rings is 1. The van der Waals surface area contributed by atoms with Gasteiger partial charge < -0.3 is 14.8 Å². The minimum absolute atomic E-state index is 0.182. The smallest absolute Gasteiger partial charge is 0.433 e. The fourth-order valence-electron chi connectivity index (χ4n) is 1.91. The molecule has 1 aromatic carbocycles. The second kappa shape index (κ2) is 5.07. The Labute approximate surface area is 113 Å². The van der Waals surface area contributed by atoms with E-state index in [2.05, 4.69) is 10.3 Å². The zero-order valence-electron chi connectivity index (χ0n) is 11.1. The Balaban J connectivity index is 2.77. The Kier molecular flexibility index (Phi) is 3.61. The van der Waals surface area contributed by atoms with E-state index in [1.165, 1.54) is 20.3 Å². The van der Waals surface area contributed by atoms with Crippen LogP contribution in [0.5, 0.6) is 11.5 Å². The quantitative estimate of drug-likeness (QED) is 0.940. The molecule has 2 rings (SSSR count). The lowest BCUT2D eigenvalue weighted by atomic mass is 10.1. The van der Waals surface area contributed by atoms with E-state index < -0.39 is 11.9 Å². The van der Waals surface area contributed by atoms with Gasteiger partial charge in [0, 0.05) is 24.2 Å². The van der Waals surface area contributed by atoms with Gasteiger partial charge in [-0.3, -0.25) is 0 Å². The molecular formula is C13H13F3N2O2. The predicted octanol–water partition coefficient (Wildman–Crippen LogP) is 3.31. The molecule has 0 fully saturated rings. The largest absolute Gasteiger partial charge is 0.493 e. The van der Waals surface area contributed by atoms with Gasteiger partial charge in [0.2, 0.25) is 0 Å². The van der Waals surface area contributed by atoms with E-state index in [9.17, 15) is 13.2 Å². The molecule has 20 heavy (non-hydrogen) atoms. The molecule has 2 aromatic rings. The number of ether oxygens (including phenoxy) is 2. The van der Waals surface area contributed by atoms with Crippen LogP contribution in [0.4, 0.5) is 18.9 Å². The number of pyridine rings is 1. The third kappa shape index (κ3) is 2.43. The lowest BCUT2D eigenvalue weighted by Gasteiger charge is -2.14. The predicted molar refractivity (Wildman–Crippen MR) is 69.4 cm³/mol. The van der Waals surface area contributed by atoms with Crippen LogP contribution in [0, 0.1) is 0 Å². The monoisotopic (exact) mass is 286 g/mol. The SMILES string of the molecule is CNc1cc(C(F)(F)F)nc2cc(OC)c(OC)cc12. The first-order valence-corrected chi connectivity index (χ1v) is 5.72. The molecule has 0 unspecified atom stereocenters. The second-order valence-corrected chi connectivity index (χ2v) is 4.03. The molecule has 0 spiro atoms. The number of nitrogens with zero attached hydrogens (tertiary/aromatic N) is 1. The van der Waals surface area contributed by atoms with Crippen LogP contribution in [0.2, 0.25) is 0 Å². The van der Waals surface area contributed by atoms with E-state index in [1.807, 2.05) is 0 Å². The molecule has 0 saturated heterocycles. The van der Waals surface area contributed by atoms with Crippen LogP contribution in [0.25, 0.3) is 10.9 Å². The van der Waals surface area contributed by atoms with Gasteiger partial charge in [-0.05, 0) is 12.1 Å². The lowest BCUT2D eigenvalue weighted by Crippen LogP contribution is -2.09. The standard InChI is InChI=1S/C13H13F3N2O2/c1-17-8-6-12(13(14,15)16)18-9-5-11(20-3)10(19-2)4-7(8)9/h4-6H,1-3H3,(H,17,18). The average molecular weight is 286 g/mol. The van der Waals surface area contributed by atoms with E-state index in [0.717, 1.165) is 6.07 Å². The maximum Gasteiger partial charge on any atom is 0.433 e. The summed E-state index contributed by atoms with van der Waals surface area (Å²) in [6.45, 7) is 0. The van der Waals surface area contributed by atoms with Gasteiger partial charge >= 0.3 is 6.18 Å². The van der Waals surface area contributed by atoms with Crippen molar-refractivity contribution >= 4 is 16.6 Å². The molecule has 1 heterocycles. The van der Waals surface area contributed by atoms with Crippen molar-refractivity contribution in [3.8, 4) is 11.5 Å². The van der Waals surface area contributed by atoms with Crippen molar-refractivity contribution in [3.63, 3.8) is 0 Å². The van der Waals surface area contributed by atoms with E-state index in [-0.39, 0.29) is 5.52 Å². The summed E-state index contributed by atoms with van der Waals surface area (Å²) < 4.78 is 48.7. The van der Waals surface area contributed by atoms with Crippen LogP contribution in [0.15, 0.2) is 18.2 Å². The van der Waals surface area contributed by atoms with E-state index in [0.29, 0.717) is 22.6 Å². The van der Waals surface area contributed by atoms with Crippen LogP contribution < -0.4 is 14.8 Å². The molecule has 7 heteroatoms. The fraction of sp³-hybridized carbons (Fsp3) is 0.308. The molecule has 0 bridgehead atoms. The van der Waals surface area contributed by atoms with Crippen LogP contribution >= 0.6 is 0 Å². The fourth-order valence-corrected chi connectivity index (χ4v) is 1.91. The second-order valence-electron chi connectivity index (χ2n) is 4.03. The zero-order chi connectivity index (χ0) is 14.9. The third-order valence-corrected chi connectivity index (χ3v) is 2.87. The van der Waals surface area contributed by atoms with Crippen molar-refractivity contribution in [2.24, 2.45) is 0 Å². The molecule has 1 N–H and O–H groups in total. The van der Waals surface area contributed by atoms with Crippen LogP contribution in [-0.2, 0) is 6.18 Å². The molecule has 0 aliphatic rings. The highest BCUT2D eigenvalue weighted by Gasteiger charge is 2.33. The summed E-state index contributed by atoms with van der Waals surface area (Å²) in [5.41, 5.74) is -0.452. The number of alkyl halides is 3. The molecule has 108 valence electrons. The van der Waals surface area contributed by atoms with Gasteiger partial charge in [0.15, 0.2) is 11.5 Å². The topological polar surface area (TPSA) is 43.4 Å². The summed E-state index contributed by atoms with van der Waals surface area (Å²) in [4.78, 5) is 3.64. The van der Waals surface area contributed by atoms with Gasteiger partial charge in [-0.2, -0.15) is 13.2 Å². The average Bonchev–Trinajstić information content (AvgIpc) is 2.43. The van der Waals surface area contributed by atoms with E-state index in [4.69, 9.17) is 9.47 Å². The van der Waals surface area contributed by atoms with Crippen LogP contribution in [-0.4, -0.2) is 26.3 Å². The molecule has 0 radical (unpaired) electrons. The number of halogens is 3. The zero-order valence-corrected chi connectivity index (χ0v) is 11.1. The van der Waals surface area contributed by atoms with Gasteiger partial charge in [-0.25, -0.2) is 4.98 Å². The highest BCUT2D eigenvalue weighted by atomic mass is 19.4. The minimum atomic E-state index is -4.51. The maximum atomic E-state index is 12.8. The van der Waals surface area contributed by atoms with Crippen molar-refractivity contribution in [1.29, 1.82) is 0 Å². The van der Waals surface area contributed by atoms with Gasteiger partial charge in [0.1, 0.15) is 5.69 Å². The van der Waals surface area contributed by atoms with Crippen molar-refractivity contribution < 1.29 is 22.6 Å². The number of aromatic nitrogens is 1. The molecule has 0 saturated carbocycles. The summed E-state index contributed by atoms with van der Waals surface area (Å²) in [5.74, 6) is 0.756. The Morgan fingerprint density at radius 3 is 2.15 bits per heavy atom. The summed E-state index contributed by atoms with van der Waals surface area (Å²) >= 11 is 0. The van der Waals surface area contributed by atoms with E-state index in [1.54, 1.807) is 13.1 Å². The Morgan fingerprint density at radius 2 is 1.65 bits per heavy atom. The minimum Gasteiger partial charge on any atom is -0.493 e. The van der Waals surface area contributed by atoms with Gasteiger partial charge in [0.05, 0.1) is 19.7 Å². The first-order chi connectivity index (χ1) is 9.40. The Bertz CT molecular complexity index is 642. The number of hydrogen-bond donors (Lipinski definition) is 1. The third-order valence-electron chi connectivity index (χ3n) is 2.87. The Morgan fingerprint density at radius 1 is 1.05 bits per heavy atom. The first kappa shape index (κ1) is 14.2.